The third-order valence-electron chi connectivity index (χ3n) is 3.67. The number of aliphatic hydroxyl groups excluding tert-OH is 1. The van der Waals surface area contributed by atoms with Crippen LogP contribution in [0.2, 0.25) is 0 Å². The number of ether oxygens (including phenoxy) is 1. The van der Waals surface area contributed by atoms with E-state index < -0.39 is 6.10 Å². The molecule has 1 saturated carbocycles. The van der Waals surface area contributed by atoms with Gasteiger partial charge in [-0.2, -0.15) is 0 Å². The maximum atomic E-state index is 11.4. The predicted octanol–water partition coefficient (Wildman–Crippen LogP) is 3.94. The van der Waals surface area contributed by atoms with Crippen molar-refractivity contribution in [3.63, 3.8) is 0 Å². The number of carbonyl (C=O) groups is 1. The molecule has 0 amide bonds. The molecule has 1 atom stereocenters. The van der Waals surface area contributed by atoms with Gasteiger partial charge in [-0.25, -0.2) is 0 Å². The van der Waals surface area contributed by atoms with Gasteiger partial charge in [0.25, 0.3) is 0 Å². The number of benzene rings is 1. The Hall–Kier alpha value is -0.520. The van der Waals surface area contributed by atoms with Crippen molar-refractivity contribution < 1.29 is 14.6 Å². The molecule has 0 bridgehead atoms. The van der Waals surface area contributed by atoms with E-state index in [0.717, 1.165) is 33.5 Å². The Kier molecular flexibility index (Phi) is 5.15. The van der Waals surface area contributed by atoms with Crippen molar-refractivity contribution >= 4 is 33.7 Å². The first kappa shape index (κ1) is 15.9. The molecule has 0 aromatic heterocycles. The van der Waals surface area contributed by atoms with Crippen LogP contribution in [-0.4, -0.2) is 23.9 Å². The van der Waals surface area contributed by atoms with Crippen LogP contribution in [0.25, 0.3) is 0 Å². The summed E-state index contributed by atoms with van der Waals surface area (Å²) >= 11 is 5.25. The Morgan fingerprint density at radius 3 is 2.75 bits per heavy atom. The highest BCUT2D eigenvalue weighted by Gasteiger charge is 2.44. The number of esters is 1. The van der Waals surface area contributed by atoms with Gasteiger partial charge in [0.2, 0.25) is 0 Å². The molecule has 1 aliphatic carbocycles. The molecular weight excluding hydrogens is 340 g/mol. The Labute approximate surface area is 132 Å². The van der Waals surface area contributed by atoms with E-state index in [-0.39, 0.29) is 11.4 Å². The van der Waals surface area contributed by atoms with Crippen molar-refractivity contribution in [1.29, 1.82) is 0 Å². The van der Waals surface area contributed by atoms with Crippen molar-refractivity contribution in [2.45, 2.75) is 37.2 Å². The summed E-state index contributed by atoms with van der Waals surface area (Å²) in [5, 5.41) is 9.60. The lowest BCUT2D eigenvalue weighted by molar-refractivity contribution is -0.141. The van der Waals surface area contributed by atoms with Crippen LogP contribution in [0.5, 0.6) is 0 Å². The second-order valence-corrected chi connectivity index (χ2v) is 7.30. The van der Waals surface area contributed by atoms with Gasteiger partial charge in [0.15, 0.2) is 0 Å². The van der Waals surface area contributed by atoms with Crippen LogP contribution in [0, 0.1) is 5.41 Å². The van der Waals surface area contributed by atoms with E-state index in [4.69, 9.17) is 4.74 Å². The van der Waals surface area contributed by atoms with Crippen LogP contribution in [0.3, 0.4) is 0 Å². The molecule has 1 aromatic carbocycles. The molecule has 0 radical (unpaired) electrons. The summed E-state index contributed by atoms with van der Waals surface area (Å²) in [6.45, 7) is 1.75. The normalized spacial score (nSPS) is 17.6. The SMILES string of the molecule is COC(=O)CC1(CSc2ccc(C(C)O)c(Br)c2)CC1. The number of hydrogen-bond acceptors (Lipinski definition) is 4. The summed E-state index contributed by atoms with van der Waals surface area (Å²) in [5.41, 5.74) is 1.03. The number of methoxy groups -OCH3 is 1. The number of carbonyl (C=O) groups excluding carboxylic acids is 1. The Bertz CT molecular complexity index is 498. The van der Waals surface area contributed by atoms with Gasteiger partial charge in [0, 0.05) is 15.1 Å². The van der Waals surface area contributed by atoms with Gasteiger partial charge >= 0.3 is 5.97 Å². The number of thioether (sulfide) groups is 1. The molecule has 1 aromatic rings. The van der Waals surface area contributed by atoms with E-state index in [1.54, 1.807) is 18.7 Å². The summed E-state index contributed by atoms with van der Waals surface area (Å²) in [4.78, 5) is 12.5. The van der Waals surface area contributed by atoms with Gasteiger partial charge in [-0.15, -0.1) is 11.8 Å². The molecule has 5 heteroatoms. The lowest BCUT2D eigenvalue weighted by Crippen LogP contribution is -2.12. The van der Waals surface area contributed by atoms with E-state index in [0.29, 0.717) is 6.42 Å². The molecule has 0 saturated heterocycles. The van der Waals surface area contributed by atoms with Crippen LogP contribution in [0.15, 0.2) is 27.6 Å². The molecule has 0 heterocycles. The first-order valence-corrected chi connectivity index (χ1v) is 8.41. The first-order chi connectivity index (χ1) is 9.46. The summed E-state index contributed by atoms with van der Waals surface area (Å²) in [6, 6.07) is 5.99. The smallest absolute Gasteiger partial charge is 0.306 e. The topological polar surface area (TPSA) is 46.5 Å². The van der Waals surface area contributed by atoms with E-state index in [9.17, 15) is 9.90 Å². The van der Waals surface area contributed by atoms with E-state index in [1.165, 1.54) is 7.11 Å². The molecule has 2 rings (SSSR count). The van der Waals surface area contributed by atoms with Gasteiger partial charge < -0.3 is 9.84 Å². The van der Waals surface area contributed by atoms with Crippen molar-refractivity contribution in [1.82, 2.24) is 0 Å². The zero-order chi connectivity index (χ0) is 14.8. The highest BCUT2D eigenvalue weighted by molar-refractivity contribution is 9.10. The van der Waals surface area contributed by atoms with E-state index in [2.05, 4.69) is 15.9 Å². The minimum atomic E-state index is -0.475. The minimum absolute atomic E-state index is 0.117. The average Bonchev–Trinajstić information content (AvgIpc) is 3.16. The largest absolute Gasteiger partial charge is 0.469 e. The Morgan fingerprint density at radius 1 is 1.55 bits per heavy atom. The summed E-state index contributed by atoms with van der Waals surface area (Å²) in [7, 11) is 1.44. The second kappa shape index (κ2) is 6.50. The fourth-order valence-electron chi connectivity index (χ4n) is 2.10. The van der Waals surface area contributed by atoms with Crippen molar-refractivity contribution in [2.24, 2.45) is 5.41 Å². The van der Waals surface area contributed by atoms with Gasteiger partial charge in [0.1, 0.15) is 0 Å². The summed E-state index contributed by atoms with van der Waals surface area (Å²) < 4.78 is 5.68. The third kappa shape index (κ3) is 3.99. The molecule has 1 N–H and O–H groups in total. The number of halogens is 1. The molecule has 20 heavy (non-hydrogen) atoms. The summed E-state index contributed by atoms with van der Waals surface area (Å²) in [6.07, 6.45) is 2.24. The van der Waals surface area contributed by atoms with E-state index >= 15 is 0 Å². The molecule has 1 fully saturated rings. The highest BCUT2D eigenvalue weighted by atomic mass is 79.9. The molecule has 110 valence electrons. The summed E-state index contributed by atoms with van der Waals surface area (Å²) in [5.74, 6) is 0.816. The molecule has 3 nitrogen and oxygen atoms in total. The third-order valence-corrected chi connectivity index (χ3v) is 5.70. The molecule has 1 unspecified atom stereocenters. The maximum absolute atomic E-state index is 11.4. The Balaban J connectivity index is 1.94. The van der Waals surface area contributed by atoms with Crippen molar-refractivity contribution in [3.8, 4) is 0 Å². The molecule has 0 spiro atoms. The van der Waals surface area contributed by atoms with Crippen LogP contribution in [0.4, 0.5) is 0 Å². The quantitative estimate of drug-likeness (QED) is 0.617. The van der Waals surface area contributed by atoms with Crippen molar-refractivity contribution in [2.75, 3.05) is 12.9 Å². The van der Waals surface area contributed by atoms with Crippen LogP contribution in [0.1, 0.15) is 37.9 Å². The molecule has 0 aliphatic heterocycles. The highest BCUT2D eigenvalue weighted by Crippen LogP contribution is 2.52. The van der Waals surface area contributed by atoms with Gasteiger partial charge in [-0.3, -0.25) is 4.79 Å². The molecule has 1 aliphatic rings. The average molecular weight is 359 g/mol. The van der Waals surface area contributed by atoms with Gasteiger partial charge in [-0.1, -0.05) is 22.0 Å². The lowest BCUT2D eigenvalue weighted by Gasteiger charge is -2.14. The maximum Gasteiger partial charge on any atom is 0.306 e. The van der Waals surface area contributed by atoms with Crippen LogP contribution in [-0.2, 0) is 9.53 Å². The standard InChI is InChI=1S/C15H19BrO3S/c1-10(17)12-4-3-11(7-13(12)16)20-9-15(5-6-15)8-14(18)19-2/h3-4,7,10,17H,5-6,8-9H2,1-2H3. The first-order valence-electron chi connectivity index (χ1n) is 6.63. The van der Waals surface area contributed by atoms with Crippen LogP contribution >= 0.6 is 27.7 Å². The second-order valence-electron chi connectivity index (χ2n) is 5.40. The fourth-order valence-corrected chi connectivity index (χ4v) is 4.19. The number of aliphatic hydroxyl groups is 1. The van der Waals surface area contributed by atoms with Gasteiger partial charge in [-0.05, 0) is 42.9 Å². The van der Waals surface area contributed by atoms with Crippen LogP contribution < -0.4 is 0 Å². The van der Waals surface area contributed by atoms with Gasteiger partial charge in [0.05, 0.1) is 19.6 Å². The number of hydrogen-bond donors (Lipinski definition) is 1. The zero-order valence-corrected chi connectivity index (χ0v) is 14.1. The van der Waals surface area contributed by atoms with Crippen molar-refractivity contribution in [3.05, 3.63) is 28.2 Å². The lowest BCUT2D eigenvalue weighted by atomic mass is 10.1. The number of rotatable bonds is 6. The monoisotopic (exact) mass is 358 g/mol. The molecular formula is C15H19BrO3S. The Morgan fingerprint density at radius 2 is 2.25 bits per heavy atom. The fraction of sp³-hybridized carbons (Fsp3) is 0.533. The predicted molar refractivity (Wildman–Crippen MR) is 83.8 cm³/mol. The van der Waals surface area contributed by atoms with E-state index in [1.807, 2.05) is 18.2 Å². The minimum Gasteiger partial charge on any atom is -0.469 e. The zero-order valence-electron chi connectivity index (χ0n) is 11.7.